The highest BCUT2D eigenvalue weighted by molar-refractivity contribution is 7.89. The molecule has 1 saturated carbocycles. The van der Waals surface area contributed by atoms with E-state index in [0.29, 0.717) is 42.1 Å². The number of nitrogens with two attached hydrogens (primary N) is 1. The molecule has 0 bridgehead atoms. The van der Waals surface area contributed by atoms with Gasteiger partial charge in [-0.2, -0.15) is 13.2 Å². The minimum atomic E-state index is -4.48. The Morgan fingerprint density at radius 2 is 1.87 bits per heavy atom. The molecular weight excluding hydrogens is 433 g/mol. The average Bonchev–Trinajstić information content (AvgIpc) is 3.20. The third-order valence-electron chi connectivity index (χ3n) is 6.46. The van der Waals surface area contributed by atoms with Crippen LogP contribution in [0.4, 0.5) is 13.2 Å². The first-order chi connectivity index (χ1) is 14.5. The fourth-order valence-corrected chi connectivity index (χ4v) is 5.87. The van der Waals surface area contributed by atoms with Crippen LogP contribution in [0.25, 0.3) is 10.9 Å². The van der Waals surface area contributed by atoms with Crippen LogP contribution >= 0.6 is 0 Å². The first-order valence-electron chi connectivity index (χ1n) is 10.3. The first-order valence-corrected chi connectivity index (χ1v) is 11.8. The van der Waals surface area contributed by atoms with Crippen LogP contribution in [0, 0.1) is 0 Å². The number of primary sulfonamides is 1. The van der Waals surface area contributed by atoms with Gasteiger partial charge in [-0.1, -0.05) is 19.3 Å². The third-order valence-corrected chi connectivity index (χ3v) is 7.41. The maximum Gasteiger partial charge on any atom is 0.405 e. The van der Waals surface area contributed by atoms with Crippen LogP contribution in [0.3, 0.4) is 0 Å². The van der Waals surface area contributed by atoms with E-state index in [0.717, 1.165) is 6.42 Å². The fourth-order valence-electron chi connectivity index (χ4n) is 5.03. The van der Waals surface area contributed by atoms with Gasteiger partial charge in [-0.3, -0.25) is 4.79 Å². The van der Waals surface area contributed by atoms with Gasteiger partial charge < -0.3 is 15.2 Å². The Hall–Kier alpha value is -2.11. The van der Waals surface area contributed by atoms with E-state index in [4.69, 9.17) is 5.14 Å². The lowest BCUT2D eigenvalue weighted by molar-refractivity contribution is -0.170. The lowest BCUT2D eigenvalue weighted by atomic mass is 9.67. The van der Waals surface area contributed by atoms with Gasteiger partial charge in [-0.15, -0.1) is 0 Å². The van der Waals surface area contributed by atoms with E-state index < -0.39 is 40.1 Å². The molecule has 2 aromatic rings. The molecule has 170 valence electrons. The number of aromatic nitrogens is 1. The molecule has 1 aromatic carbocycles. The van der Waals surface area contributed by atoms with Crippen LogP contribution in [0.5, 0.6) is 0 Å². The number of benzene rings is 1. The standard InChI is InChI=1S/C20H25F3N4O3S/c21-20(22,23)16-12-27(11-10-26-16)18(28)19(7-2-1-3-8-19)17-13-6-9-25-14(13)4-5-15(17)31(24,29)30/h4-6,9,16,25-26H,1-3,7-8,10-12H2,(H2,24,29,30)/t16-/m1/s1. The number of nitrogens with one attached hydrogen (secondary N) is 2. The smallest absolute Gasteiger partial charge is 0.361 e. The Balaban J connectivity index is 1.87. The molecule has 31 heavy (non-hydrogen) atoms. The van der Waals surface area contributed by atoms with Gasteiger partial charge in [0.25, 0.3) is 0 Å². The number of piperazine rings is 1. The Morgan fingerprint density at radius 1 is 1.16 bits per heavy atom. The van der Waals surface area contributed by atoms with Crippen molar-refractivity contribution in [3.63, 3.8) is 0 Å². The molecule has 2 aliphatic rings. The van der Waals surface area contributed by atoms with E-state index in [-0.39, 0.29) is 18.0 Å². The van der Waals surface area contributed by atoms with Crippen LogP contribution in [0.15, 0.2) is 29.3 Å². The number of fused-ring (bicyclic) bond motifs is 1. The second-order valence-corrected chi connectivity index (χ2v) is 9.89. The zero-order valence-electron chi connectivity index (χ0n) is 16.8. The second kappa shape index (κ2) is 7.79. The van der Waals surface area contributed by atoms with Crippen LogP contribution in [-0.4, -0.2) is 56.1 Å². The number of rotatable bonds is 3. The van der Waals surface area contributed by atoms with Gasteiger partial charge in [-0.25, -0.2) is 13.6 Å². The highest BCUT2D eigenvalue weighted by atomic mass is 32.2. The molecule has 2 heterocycles. The summed E-state index contributed by atoms with van der Waals surface area (Å²) in [4.78, 5) is 18.0. The first kappa shape index (κ1) is 22.1. The van der Waals surface area contributed by atoms with Crippen molar-refractivity contribution in [3.8, 4) is 0 Å². The number of aromatic amines is 1. The predicted octanol–water partition coefficient (Wildman–Crippen LogP) is 2.38. The van der Waals surface area contributed by atoms with Gasteiger partial charge >= 0.3 is 6.18 Å². The zero-order valence-corrected chi connectivity index (χ0v) is 17.7. The molecule has 1 saturated heterocycles. The normalized spacial score (nSPS) is 22.6. The molecule has 1 amide bonds. The molecule has 4 N–H and O–H groups in total. The Labute approximate surface area is 178 Å². The molecule has 11 heteroatoms. The average molecular weight is 459 g/mol. The van der Waals surface area contributed by atoms with Crippen molar-refractivity contribution in [1.29, 1.82) is 0 Å². The number of hydrogen-bond donors (Lipinski definition) is 3. The largest absolute Gasteiger partial charge is 0.405 e. The van der Waals surface area contributed by atoms with Crippen molar-refractivity contribution < 1.29 is 26.4 Å². The van der Waals surface area contributed by atoms with E-state index in [2.05, 4.69) is 10.3 Å². The molecule has 0 radical (unpaired) electrons. The lowest BCUT2D eigenvalue weighted by Crippen LogP contribution is -2.61. The minimum Gasteiger partial charge on any atom is -0.361 e. The minimum absolute atomic E-state index is 0.0163. The summed E-state index contributed by atoms with van der Waals surface area (Å²) in [5.74, 6) is -0.457. The maximum atomic E-state index is 13.9. The molecule has 0 spiro atoms. The number of alkyl halides is 3. The van der Waals surface area contributed by atoms with Crippen molar-refractivity contribution in [3.05, 3.63) is 30.0 Å². The topological polar surface area (TPSA) is 108 Å². The molecule has 2 fully saturated rings. The zero-order chi connectivity index (χ0) is 22.4. The number of hydrogen-bond acceptors (Lipinski definition) is 4. The lowest BCUT2D eigenvalue weighted by Gasteiger charge is -2.44. The molecular formula is C20H25F3N4O3S. The van der Waals surface area contributed by atoms with Gasteiger partial charge in [0.1, 0.15) is 6.04 Å². The summed E-state index contributed by atoms with van der Waals surface area (Å²) in [6, 6.07) is 2.85. The van der Waals surface area contributed by atoms with E-state index >= 15 is 0 Å². The molecule has 1 atom stereocenters. The van der Waals surface area contributed by atoms with Crippen molar-refractivity contribution >= 4 is 26.8 Å². The number of carbonyl (C=O) groups is 1. The monoisotopic (exact) mass is 458 g/mol. The Morgan fingerprint density at radius 3 is 2.52 bits per heavy atom. The van der Waals surface area contributed by atoms with E-state index in [1.807, 2.05) is 0 Å². The molecule has 1 aromatic heterocycles. The summed E-state index contributed by atoms with van der Waals surface area (Å²) in [5.41, 5.74) is -0.288. The number of carbonyl (C=O) groups excluding carboxylic acids is 1. The third kappa shape index (κ3) is 3.94. The molecule has 1 aliphatic carbocycles. The highest BCUT2D eigenvalue weighted by Crippen LogP contribution is 2.46. The fraction of sp³-hybridized carbons (Fsp3) is 0.550. The van der Waals surface area contributed by atoms with Gasteiger partial charge in [0, 0.05) is 36.7 Å². The number of halogens is 3. The van der Waals surface area contributed by atoms with E-state index in [9.17, 15) is 26.4 Å². The highest BCUT2D eigenvalue weighted by Gasteiger charge is 2.50. The quantitative estimate of drug-likeness (QED) is 0.656. The number of nitrogens with zero attached hydrogens (tertiary/aromatic N) is 1. The predicted molar refractivity (Wildman–Crippen MR) is 109 cm³/mol. The van der Waals surface area contributed by atoms with Gasteiger partial charge in [0.05, 0.1) is 10.3 Å². The second-order valence-electron chi connectivity index (χ2n) is 8.36. The molecule has 7 nitrogen and oxygen atoms in total. The van der Waals surface area contributed by atoms with Crippen molar-refractivity contribution in [2.45, 2.75) is 54.6 Å². The summed E-state index contributed by atoms with van der Waals surface area (Å²) >= 11 is 0. The van der Waals surface area contributed by atoms with Crippen molar-refractivity contribution in [1.82, 2.24) is 15.2 Å². The van der Waals surface area contributed by atoms with Gasteiger partial charge in [0.15, 0.2) is 0 Å². The molecule has 4 rings (SSSR count). The van der Waals surface area contributed by atoms with Crippen molar-refractivity contribution in [2.24, 2.45) is 5.14 Å². The molecule has 0 unspecified atom stereocenters. The van der Waals surface area contributed by atoms with Crippen LogP contribution in [-0.2, 0) is 20.2 Å². The Bertz CT molecular complexity index is 1090. The van der Waals surface area contributed by atoms with Crippen molar-refractivity contribution in [2.75, 3.05) is 19.6 Å². The number of amides is 1. The Kier molecular flexibility index (Phi) is 5.55. The molecule has 1 aliphatic heterocycles. The summed E-state index contributed by atoms with van der Waals surface area (Å²) in [6.07, 6.45) is 0.0998. The summed E-state index contributed by atoms with van der Waals surface area (Å²) in [5, 5.41) is 8.50. The summed E-state index contributed by atoms with van der Waals surface area (Å²) in [6.45, 7) is -0.360. The van der Waals surface area contributed by atoms with Gasteiger partial charge in [-0.05, 0) is 36.6 Å². The van der Waals surface area contributed by atoms with Crippen LogP contribution in [0.2, 0.25) is 0 Å². The number of sulfonamides is 1. The maximum absolute atomic E-state index is 13.9. The van der Waals surface area contributed by atoms with E-state index in [1.165, 1.54) is 11.0 Å². The van der Waals surface area contributed by atoms with Crippen LogP contribution < -0.4 is 10.5 Å². The SMILES string of the molecule is NS(=O)(=O)c1ccc2[nH]ccc2c1C1(C(=O)N2CCN[C@@H](C(F)(F)F)C2)CCCCC1. The summed E-state index contributed by atoms with van der Waals surface area (Å²) < 4.78 is 64.9. The van der Waals surface area contributed by atoms with Crippen LogP contribution in [0.1, 0.15) is 37.7 Å². The number of H-pyrrole nitrogens is 1. The van der Waals surface area contributed by atoms with E-state index in [1.54, 1.807) is 18.3 Å². The summed E-state index contributed by atoms with van der Waals surface area (Å²) in [7, 11) is -4.17. The van der Waals surface area contributed by atoms with Gasteiger partial charge in [0.2, 0.25) is 15.9 Å².